The van der Waals surface area contributed by atoms with Crippen molar-refractivity contribution in [3.05, 3.63) is 53.3 Å². The second-order valence-electron chi connectivity index (χ2n) is 2.77. The highest BCUT2D eigenvalue weighted by Gasteiger charge is 1.99. The van der Waals surface area contributed by atoms with E-state index in [1.165, 1.54) is 12.0 Å². The topological polar surface area (TPSA) is 60.2 Å². The summed E-state index contributed by atoms with van der Waals surface area (Å²) in [5.74, 6) is 0.825. The molecule has 3 nitrogen and oxygen atoms in total. The summed E-state index contributed by atoms with van der Waals surface area (Å²) in [6, 6.07) is 9.18. The fourth-order valence-corrected chi connectivity index (χ4v) is 1.02. The summed E-state index contributed by atoms with van der Waals surface area (Å²) in [5.41, 5.74) is 8.31. The molecule has 1 aromatic rings. The van der Waals surface area contributed by atoms with E-state index in [9.17, 15) is 9.59 Å². The average Bonchev–Trinajstić information content (AvgIpc) is 2.25. The van der Waals surface area contributed by atoms with Crippen LogP contribution in [-0.4, -0.2) is 11.8 Å². The Kier molecular flexibility index (Phi) is 3.87. The van der Waals surface area contributed by atoms with E-state index >= 15 is 0 Å². The van der Waals surface area contributed by atoms with Crippen LogP contribution in [-0.2, 0) is 9.59 Å². The van der Waals surface area contributed by atoms with Crippen LogP contribution in [0.3, 0.4) is 0 Å². The van der Waals surface area contributed by atoms with Gasteiger partial charge in [0.1, 0.15) is 0 Å². The molecule has 0 spiro atoms. The summed E-state index contributed by atoms with van der Waals surface area (Å²) in [6.45, 7) is 0. The van der Waals surface area contributed by atoms with E-state index in [1.54, 1.807) is 6.08 Å². The van der Waals surface area contributed by atoms with Crippen molar-refractivity contribution < 1.29 is 9.59 Å². The smallest absolute Gasteiger partial charge is 0.249 e. The zero-order chi connectivity index (χ0) is 11.1. The summed E-state index contributed by atoms with van der Waals surface area (Å²) < 4.78 is 0. The lowest BCUT2D eigenvalue weighted by Gasteiger charge is -1.95. The molecule has 0 heterocycles. The van der Waals surface area contributed by atoms with E-state index in [-0.39, 0.29) is 5.57 Å². The molecule has 1 aromatic carbocycles. The Morgan fingerprint density at radius 1 is 1.27 bits per heavy atom. The molecule has 0 saturated carbocycles. The van der Waals surface area contributed by atoms with Crippen molar-refractivity contribution in [2.75, 3.05) is 0 Å². The molecular formula is C12H9NO2. The molecule has 0 saturated heterocycles. The number of carbonyl (C=O) groups is 1. The van der Waals surface area contributed by atoms with Crippen LogP contribution >= 0.6 is 0 Å². The first-order valence-corrected chi connectivity index (χ1v) is 4.26. The normalized spacial score (nSPS) is 10.0. The Morgan fingerprint density at radius 3 is 2.47 bits per heavy atom. The van der Waals surface area contributed by atoms with E-state index in [1.807, 2.05) is 30.3 Å². The van der Waals surface area contributed by atoms with Crippen LogP contribution in [0.4, 0.5) is 0 Å². The molecule has 1 rings (SSSR count). The second-order valence-corrected chi connectivity index (χ2v) is 2.77. The Morgan fingerprint density at radius 2 is 1.93 bits per heavy atom. The molecular weight excluding hydrogens is 190 g/mol. The van der Waals surface area contributed by atoms with Crippen LogP contribution in [0.2, 0.25) is 0 Å². The van der Waals surface area contributed by atoms with Gasteiger partial charge in [-0.15, -0.1) is 0 Å². The standard InChI is InChI=1S/C12H9NO2/c13-12(15)11(7-4-8-14)9-10-5-2-1-3-6-10/h1-3,5-7,9H,(H2,13,15). The van der Waals surface area contributed by atoms with Crippen LogP contribution in [0.1, 0.15) is 5.56 Å². The lowest BCUT2D eigenvalue weighted by Crippen LogP contribution is -2.12. The van der Waals surface area contributed by atoms with Crippen LogP contribution in [0, 0.1) is 0 Å². The highest BCUT2D eigenvalue weighted by atomic mass is 16.1. The highest BCUT2D eigenvalue weighted by molar-refractivity contribution is 5.99. The molecule has 0 radical (unpaired) electrons. The molecule has 0 aliphatic carbocycles. The quantitative estimate of drug-likeness (QED) is 0.343. The minimum Gasteiger partial charge on any atom is -0.366 e. The largest absolute Gasteiger partial charge is 0.366 e. The molecule has 0 aliphatic heterocycles. The van der Waals surface area contributed by atoms with Gasteiger partial charge < -0.3 is 5.73 Å². The van der Waals surface area contributed by atoms with Gasteiger partial charge in [0.15, 0.2) is 5.94 Å². The summed E-state index contributed by atoms with van der Waals surface area (Å²) >= 11 is 0. The van der Waals surface area contributed by atoms with Gasteiger partial charge in [0.2, 0.25) is 5.91 Å². The van der Waals surface area contributed by atoms with Crippen molar-refractivity contribution >= 4 is 17.9 Å². The monoisotopic (exact) mass is 199 g/mol. The van der Waals surface area contributed by atoms with E-state index < -0.39 is 5.91 Å². The van der Waals surface area contributed by atoms with E-state index in [2.05, 4.69) is 5.73 Å². The minimum absolute atomic E-state index is 0.213. The van der Waals surface area contributed by atoms with Gasteiger partial charge >= 0.3 is 0 Å². The van der Waals surface area contributed by atoms with Crippen molar-refractivity contribution in [1.82, 2.24) is 0 Å². The maximum absolute atomic E-state index is 11.0. The SMILES string of the molecule is NC(=O)C(C=C=C=O)=Cc1ccccc1. The van der Waals surface area contributed by atoms with Crippen LogP contribution < -0.4 is 5.73 Å². The molecule has 2 N–H and O–H groups in total. The fourth-order valence-electron chi connectivity index (χ4n) is 1.02. The highest BCUT2D eigenvalue weighted by Crippen LogP contribution is 2.06. The third kappa shape index (κ3) is 3.49. The van der Waals surface area contributed by atoms with E-state index in [0.717, 1.165) is 5.56 Å². The number of rotatable bonds is 3. The molecule has 0 aromatic heterocycles. The first-order chi connectivity index (χ1) is 7.24. The number of carbonyl (C=O) groups excluding carboxylic acids is 2. The zero-order valence-electron chi connectivity index (χ0n) is 7.94. The number of amides is 1. The third-order valence-corrected chi connectivity index (χ3v) is 1.69. The first kappa shape index (κ1) is 10.7. The number of benzene rings is 1. The molecule has 0 atom stereocenters. The predicted octanol–water partition coefficient (Wildman–Crippen LogP) is 1.10. The van der Waals surface area contributed by atoms with E-state index in [4.69, 9.17) is 5.73 Å². The summed E-state index contributed by atoms with van der Waals surface area (Å²) in [4.78, 5) is 20.9. The predicted molar refractivity (Wildman–Crippen MR) is 57.4 cm³/mol. The lowest BCUT2D eigenvalue weighted by molar-refractivity contribution is -0.114. The average molecular weight is 199 g/mol. The van der Waals surface area contributed by atoms with Crippen molar-refractivity contribution in [1.29, 1.82) is 0 Å². The molecule has 15 heavy (non-hydrogen) atoms. The van der Waals surface area contributed by atoms with Crippen molar-refractivity contribution in [3.63, 3.8) is 0 Å². The lowest BCUT2D eigenvalue weighted by atomic mass is 10.1. The molecule has 1 amide bonds. The Labute approximate surface area is 87.2 Å². The maximum atomic E-state index is 11.0. The second kappa shape index (κ2) is 5.40. The minimum atomic E-state index is -0.610. The molecule has 0 bridgehead atoms. The number of nitrogens with two attached hydrogens (primary N) is 1. The van der Waals surface area contributed by atoms with Crippen molar-refractivity contribution in [2.45, 2.75) is 0 Å². The summed E-state index contributed by atoms with van der Waals surface area (Å²) in [7, 11) is 0. The molecule has 3 heteroatoms. The summed E-state index contributed by atoms with van der Waals surface area (Å²) in [5, 5.41) is 0. The van der Waals surface area contributed by atoms with Gasteiger partial charge in [-0.05, 0) is 17.4 Å². The molecule has 0 fully saturated rings. The van der Waals surface area contributed by atoms with Gasteiger partial charge in [-0.3, -0.25) is 4.79 Å². The van der Waals surface area contributed by atoms with Crippen molar-refractivity contribution in [3.8, 4) is 0 Å². The molecule has 74 valence electrons. The third-order valence-electron chi connectivity index (χ3n) is 1.69. The van der Waals surface area contributed by atoms with Gasteiger partial charge in [-0.2, -0.15) is 0 Å². The number of primary amides is 1. The van der Waals surface area contributed by atoms with Gasteiger partial charge in [0, 0.05) is 11.6 Å². The van der Waals surface area contributed by atoms with Crippen molar-refractivity contribution in [2.24, 2.45) is 5.73 Å². The fraction of sp³-hybridized carbons (Fsp3) is 0. The Balaban J connectivity index is 3.10. The summed E-state index contributed by atoms with van der Waals surface area (Å²) in [6.07, 6.45) is 2.79. The first-order valence-electron chi connectivity index (χ1n) is 4.26. The Bertz CT molecular complexity index is 462. The molecule has 0 unspecified atom stereocenters. The van der Waals surface area contributed by atoms with E-state index in [0.29, 0.717) is 0 Å². The van der Waals surface area contributed by atoms with Gasteiger partial charge in [0.05, 0.1) is 0 Å². The number of hydrogen-bond donors (Lipinski definition) is 1. The zero-order valence-corrected chi connectivity index (χ0v) is 7.94. The van der Waals surface area contributed by atoms with Gasteiger partial charge in [0.25, 0.3) is 0 Å². The van der Waals surface area contributed by atoms with Crippen LogP contribution in [0.15, 0.2) is 47.7 Å². The van der Waals surface area contributed by atoms with Gasteiger partial charge in [-0.25, -0.2) is 4.79 Å². The van der Waals surface area contributed by atoms with Crippen LogP contribution in [0.5, 0.6) is 0 Å². The van der Waals surface area contributed by atoms with Crippen LogP contribution in [0.25, 0.3) is 6.08 Å². The number of hydrogen-bond acceptors (Lipinski definition) is 2. The molecule has 0 aliphatic rings. The van der Waals surface area contributed by atoms with Gasteiger partial charge in [-0.1, -0.05) is 30.3 Å². The Hall–Kier alpha value is -2.34. The maximum Gasteiger partial charge on any atom is 0.249 e.